The smallest absolute Gasteiger partial charge is 0.326 e. The van der Waals surface area contributed by atoms with E-state index in [9.17, 15) is 17.6 Å². The SMILES string of the molecule is COC(=O)CN(c1ccccc1F)S(=O)(=O)c1ccc2ccccc2c1. The van der Waals surface area contributed by atoms with E-state index >= 15 is 0 Å². The molecule has 0 radical (unpaired) electrons. The number of anilines is 1. The molecule has 0 spiro atoms. The van der Waals surface area contributed by atoms with Crippen LogP contribution in [0.2, 0.25) is 0 Å². The van der Waals surface area contributed by atoms with Gasteiger partial charge in [-0.25, -0.2) is 12.8 Å². The van der Waals surface area contributed by atoms with Crippen molar-refractivity contribution in [2.45, 2.75) is 4.90 Å². The van der Waals surface area contributed by atoms with Gasteiger partial charge >= 0.3 is 5.97 Å². The first-order chi connectivity index (χ1) is 12.4. The molecular formula is C19H16FNO4S. The molecule has 0 aliphatic heterocycles. The molecule has 3 aromatic carbocycles. The van der Waals surface area contributed by atoms with E-state index in [2.05, 4.69) is 4.74 Å². The molecule has 0 fully saturated rings. The zero-order valence-corrected chi connectivity index (χ0v) is 14.7. The second kappa shape index (κ2) is 7.13. The number of carbonyl (C=O) groups excluding carboxylic acids is 1. The van der Waals surface area contributed by atoms with Crippen molar-refractivity contribution in [2.24, 2.45) is 0 Å². The summed E-state index contributed by atoms with van der Waals surface area (Å²) in [6, 6.07) is 17.2. The third kappa shape index (κ3) is 3.39. The molecule has 0 saturated carbocycles. The molecule has 0 heterocycles. The highest BCUT2D eigenvalue weighted by Gasteiger charge is 2.29. The molecule has 5 nitrogen and oxygen atoms in total. The monoisotopic (exact) mass is 373 g/mol. The van der Waals surface area contributed by atoms with Crippen molar-refractivity contribution in [1.29, 1.82) is 0 Å². The Bertz CT molecular complexity index is 1070. The standard InChI is InChI=1S/C19H16FNO4S/c1-25-19(22)13-21(18-9-5-4-8-17(18)20)26(23,24)16-11-10-14-6-2-3-7-15(14)12-16/h2-12H,13H2,1H3. The van der Waals surface area contributed by atoms with E-state index < -0.39 is 28.4 Å². The maximum absolute atomic E-state index is 14.2. The Morgan fingerprint density at radius 3 is 2.35 bits per heavy atom. The number of nitrogens with zero attached hydrogens (tertiary/aromatic N) is 1. The van der Waals surface area contributed by atoms with Crippen LogP contribution in [0.4, 0.5) is 10.1 Å². The second-order valence-corrected chi connectivity index (χ2v) is 7.41. The number of methoxy groups -OCH3 is 1. The Kier molecular flexibility index (Phi) is 4.90. The van der Waals surface area contributed by atoms with Crippen molar-refractivity contribution < 1.29 is 22.3 Å². The quantitative estimate of drug-likeness (QED) is 0.644. The van der Waals surface area contributed by atoms with E-state index in [0.717, 1.165) is 28.3 Å². The number of halogens is 1. The Labute approximate surface area is 150 Å². The number of rotatable bonds is 5. The molecule has 0 amide bonds. The lowest BCUT2D eigenvalue weighted by molar-refractivity contribution is -0.138. The number of hydrogen-bond donors (Lipinski definition) is 0. The summed E-state index contributed by atoms with van der Waals surface area (Å²) in [5.41, 5.74) is -0.217. The van der Waals surface area contributed by atoms with Crippen LogP contribution in [-0.2, 0) is 19.6 Å². The summed E-state index contributed by atoms with van der Waals surface area (Å²) in [6.45, 7) is -0.632. The van der Waals surface area contributed by atoms with Gasteiger partial charge in [-0.1, -0.05) is 42.5 Å². The van der Waals surface area contributed by atoms with E-state index in [0.29, 0.717) is 0 Å². The molecule has 0 saturated heterocycles. The third-order valence-electron chi connectivity index (χ3n) is 3.93. The molecular weight excluding hydrogens is 357 g/mol. The number of esters is 1. The lowest BCUT2D eigenvalue weighted by Gasteiger charge is -2.24. The van der Waals surface area contributed by atoms with Crippen LogP contribution in [0.1, 0.15) is 0 Å². The molecule has 134 valence electrons. The highest BCUT2D eigenvalue weighted by Crippen LogP contribution is 2.28. The largest absolute Gasteiger partial charge is 0.468 e. The topological polar surface area (TPSA) is 63.7 Å². The van der Waals surface area contributed by atoms with Crippen LogP contribution in [0, 0.1) is 5.82 Å². The van der Waals surface area contributed by atoms with E-state index in [1.807, 2.05) is 12.1 Å². The summed E-state index contributed by atoms with van der Waals surface area (Å²) >= 11 is 0. The van der Waals surface area contributed by atoms with Gasteiger partial charge < -0.3 is 4.74 Å². The van der Waals surface area contributed by atoms with Crippen LogP contribution >= 0.6 is 0 Å². The Balaban J connectivity index is 2.14. The third-order valence-corrected chi connectivity index (χ3v) is 5.69. The zero-order chi connectivity index (χ0) is 18.7. The van der Waals surface area contributed by atoms with Crippen LogP contribution in [-0.4, -0.2) is 28.0 Å². The molecule has 0 aliphatic rings. The minimum absolute atomic E-state index is 0.0386. The summed E-state index contributed by atoms with van der Waals surface area (Å²) in [4.78, 5) is 11.7. The van der Waals surface area contributed by atoms with Gasteiger partial charge in [-0.3, -0.25) is 9.10 Å². The van der Waals surface area contributed by atoms with Gasteiger partial charge in [0.15, 0.2) is 0 Å². The van der Waals surface area contributed by atoms with Crippen molar-refractivity contribution in [3.05, 3.63) is 72.5 Å². The molecule has 0 bridgehead atoms. The van der Waals surface area contributed by atoms with E-state index in [-0.39, 0.29) is 10.6 Å². The average molecular weight is 373 g/mol. The number of sulfonamides is 1. The summed E-state index contributed by atoms with van der Waals surface area (Å²) in [6.07, 6.45) is 0. The maximum Gasteiger partial charge on any atom is 0.326 e. The first-order valence-corrected chi connectivity index (χ1v) is 9.20. The lowest BCUT2D eigenvalue weighted by Crippen LogP contribution is -2.36. The van der Waals surface area contributed by atoms with E-state index in [1.54, 1.807) is 18.2 Å². The zero-order valence-electron chi connectivity index (χ0n) is 13.9. The van der Waals surface area contributed by atoms with Crippen molar-refractivity contribution >= 4 is 32.5 Å². The minimum atomic E-state index is -4.18. The number of carbonyl (C=O) groups is 1. The Hall–Kier alpha value is -2.93. The molecule has 0 N–H and O–H groups in total. The van der Waals surface area contributed by atoms with Gasteiger partial charge in [-0.2, -0.15) is 0 Å². The normalized spacial score (nSPS) is 11.3. The van der Waals surface area contributed by atoms with Crippen LogP contribution in [0.15, 0.2) is 71.6 Å². The van der Waals surface area contributed by atoms with Crippen molar-refractivity contribution in [3.8, 4) is 0 Å². The lowest BCUT2D eigenvalue weighted by atomic mass is 10.1. The highest BCUT2D eigenvalue weighted by atomic mass is 32.2. The fourth-order valence-corrected chi connectivity index (χ4v) is 4.04. The summed E-state index contributed by atoms with van der Waals surface area (Å²) in [5.74, 6) is -1.54. The van der Waals surface area contributed by atoms with Crippen molar-refractivity contribution in [2.75, 3.05) is 18.0 Å². The number of para-hydroxylation sites is 1. The molecule has 26 heavy (non-hydrogen) atoms. The molecule has 3 aromatic rings. The molecule has 3 rings (SSSR count). The van der Waals surface area contributed by atoms with E-state index in [4.69, 9.17) is 0 Å². The highest BCUT2D eigenvalue weighted by molar-refractivity contribution is 7.92. The first kappa shape index (κ1) is 17.9. The molecule has 7 heteroatoms. The maximum atomic E-state index is 14.2. The van der Waals surface area contributed by atoms with E-state index in [1.165, 1.54) is 30.3 Å². The minimum Gasteiger partial charge on any atom is -0.468 e. The molecule has 0 aliphatic carbocycles. The number of ether oxygens (including phenoxy) is 1. The van der Waals surface area contributed by atoms with Gasteiger partial charge in [0.05, 0.1) is 17.7 Å². The van der Waals surface area contributed by atoms with Gasteiger partial charge in [-0.05, 0) is 35.0 Å². The van der Waals surface area contributed by atoms with Gasteiger partial charge in [0.1, 0.15) is 12.4 Å². The first-order valence-electron chi connectivity index (χ1n) is 7.76. The predicted molar refractivity (Wildman–Crippen MR) is 96.9 cm³/mol. The molecule has 0 aromatic heterocycles. The predicted octanol–water partition coefficient (Wildman–Crippen LogP) is 3.35. The molecule has 0 unspecified atom stereocenters. The summed E-state index contributed by atoms with van der Waals surface area (Å²) in [7, 11) is -3.04. The number of benzene rings is 3. The van der Waals surface area contributed by atoms with Gasteiger partial charge in [-0.15, -0.1) is 0 Å². The fourth-order valence-electron chi connectivity index (χ4n) is 2.59. The van der Waals surface area contributed by atoms with Crippen LogP contribution in [0.3, 0.4) is 0 Å². The van der Waals surface area contributed by atoms with Crippen LogP contribution in [0.25, 0.3) is 10.8 Å². The van der Waals surface area contributed by atoms with Gasteiger partial charge in [0, 0.05) is 0 Å². The number of hydrogen-bond acceptors (Lipinski definition) is 4. The van der Waals surface area contributed by atoms with Crippen molar-refractivity contribution in [3.63, 3.8) is 0 Å². The Morgan fingerprint density at radius 2 is 1.65 bits per heavy atom. The summed E-state index contributed by atoms with van der Waals surface area (Å²) < 4.78 is 45.8. The van der Waals surface area contributed by atoms with Crippen molar-refractivity contribution in [1.82, 2.24) is 0 Å². The van der Waals surface area contributed by atoms with Gasteiger partial charge in [0.2, 0.25) is 0 Å². The van der Waals surface area contributed by atoms with Crippen LogP contribution < -0.4 is 4.31 Å². The second-order valence-electron chi connectivity index (χ2n) is 5.55. The number of fused-ring (bicyclic) bond motifs is 1. The van der Waals surface area contributed by atoms with Crippen LogP contribution in [0.5, 0.6) is 0 Å². The summed E-state index contributed by atoms with van der Waals surface area (Å²) in [5, 5.41) is 1.59. The molecule has 0 atom stereocenters. The average Bonchev–Trinajstić information content (AvgIpc) is 2.66. The van der Waals surface area contributed by atoms with Gasteiger partial charge in [0.25, 0.3) is 10.0 Å². The fraction of sp³-hybridized carbons (Fsp3) is 0.105. The Morgan fingerprint density at radius 1 is 1.00 bits per heavy atom.